The zero-order valence-electron chi connectivity index (χ0n) is 17.3. The molecule has 4 rings (SSSR count). The SMILES string of the molecule is Cc1cncc(CN2C(=O)C3CC(S(=O)(=O)CC4(C)CC4)CCC3N(C)C2=O)c1. The van der Waals surface area contributed by atoms with Crippen molar-refractivity contribution in [1.82, 2.24) is 14.8 Å². The van der Waals surface area contributed by atoms with Gasteiger partial charge in [-0.3, -0.25) is 14.7 Å². The van der Waals surface area contributed by atoms with Gasteiger partial charge in [0.1, 0.15) is 0 Å². The van der Waals surface area contributed by atoms with Crippen molar-refractivity contribution in [1.29, 1.82) is 0 Å². The molecule has 3 unspecified atom stereocenters. The minimum absolute atomic E-state index is 0.0801. The van der Waals surface area contributed by atoms with Crippen molar-refractivity contribution in [2.45, 2.75) is 63.8 Å². The van der Waals surface area contributed by atoms with Crippen LogP contribution >= 0.6 is 0 Å². The van der Waals surface area contributed by atoms with Crippen LogP contribution in [0.15, 0.2) is 18.5 Å². The molecule has 1 aliphatic heterocycles. The van der Waals surface area contributed by atoms with Crippen LogP contribution in [0.25, 0.3) is 0 Å². The van der Waals surface area contributed by atoms with Gasteiger partial charge in [0.05, 0.1) is 23.5 Å². The molecule has 8 heteroatoms. The number of nitrogens with zero attached hydrogens (tertiary/aromatic N) is 3. The normalized spacial score (nSPS) is 29.0. The van der Waals surface area contributed by atoms with E-state index in [1.807, 2.05) is 19.9 Å². The quantitative estimate of drug-likeness (QED) is 0.732. The highest BCUT2D eigenvalue weighted by atomic mass is 32.2. The van der Waals surface area contributed by atoms with E-state index < -0.39 is 21.0 Å². The summed E-state index contributed by atoms with van der Waals surface area (Å²) < 4.78 is 25.9. The molecule has 0 spiro atoms. The lowest BCUT2D eigenvalue weighted by Gasteiger charge is -2.46. The maximum Gasteiger partial charge on any atom is 0.327 e. The van der Waals surface area contributed by atoms with Crippen LogP contribution in [0.5, 0.6) is 0 Å². The van der Waals surface area contributed by atoms with E-state index in [2.05, 4.69) is 4.98 Å². The Bertz CT molecular complexity index is 941. The zero-order chi connectivity index (χ0) is 21.0. The molecular weight excluding hydrogens is 390 g/mol. The first-order chi connectivity index (χ1) is 13.6. The Hall–Kier alpha value is -1.96. The third-order valence-electron chi connectivity index (χ3n) is 6.81. The number of hydrogen-bond donors (Lipinski definition) is 0. The number of urea groups is 1. The zero-order valence-corrected chi connectivity index (χ0v) is 18.1. The van der Waals surface area contributed by atoms with E-state index in [-0.39, 0.29) is 35.7 Å². The maximum atomic E-state index is 13.2. The number of amides is 3. The number of hydrogen-bond acceptors (Lipinski definition) is 5. The fourth-order valence-corrected chi connectivity index (χ4v) is 7.28. The summed E-state index contributed by atoms with van der Waals surface area (Å²) in [6, 6.07) is 1.37. The second-order valence-corrected chi connectivity index (χ2v) is 11.7. The van der Waals surface area contributed by atoms with E-state index in [1.54, 1.807) is 24.3 Å². The lowest BCUT2D eigenvalue weighted by Crippen LogP contribution is -2.62. The summed E-state index contributed by atoms with van der Waals surface area (Å²) in [5, 5.41) is -0.491. The van der Waals surface area contributed by atoms with Crippen LogP contribution in [0.2, 0.25) is 0 Å². The van der Waals surface area contributed by atoms with Gasteiger partial charge in [0, 0.05) is 25.5 Å². The molecule has 0 bridgehead atoms. The molecule has 1 aromatic heterocycles. The molecule has 29 heavy (non-hydrogen) atoms. The molecular formula is C21H29N3O4S. The van der Waals surface area contributed by atoms with Gasteiger partial charge in [0.25, 0.3) is 0 Å². The van der Waals surface area contributed by atoms with Crippen molar-refractivity contribution < 1.29 is 18.0 Å². The van der Waals surface area contributed by atoms with Crippen LogP contribution in [0, 0.1) is 18.3 Å². The number of aromatic nitrogens is 1. The van der Waals surface area contributed by atoms with Gasteiger partial charge in [-0.1, -0.05) is 13.0 Å². The fraction of sp³-hybridized carbons (Fsp3) is 0.667. The summed E-state index contributed by atoms with van der Waals surface area (Å²) in [5.41, 5.74) is 1.67. The average molecular weight is 420 g/mol. The summed E-state index contributed by atoms with van der Waals surface area (Å²) in [7, 11) is -1.53. The predicted octanol–water partition coefficient (Wildman–Crippen LogP) is 2.54. The van der Waals surface area contributed by atoms with Crippen LogP contribution < -0.4 is 0 Å². The van der Waals surface area contributed by atoms with Crippen LogP contribution in [0.3, 0.4) is 0 Å². The van der Waals surface area contributed by atoms with Crippen LogP contribution in [-0.2, 0) is 21.2 Å². The molecule has 0 radical (unpaired) electrons. The Labute approximate surface area is 172 Å². The van der Waals surface area contributed by atoms with Gasteiger partial charge < -0.3 is 4.90 Å². The van der Waals surface area contributed by atoms with Crippen LogP contribution in [0.4, 0.5) is 4.79 Å². The molecule has 0 N–H and O–H groups in total. The molecule has 3 aliphatic rings. The molecule has 3 fully saturated rings. The summed E-state index contributed by atoms with van der Waals surface area (Å²) >= 11 is 0. The first-order valence-electron chi connectivity index (χ1n) is 10.3. The third kappa shape index (κ3) is 3.91. The van der Waals surface area contributed by atoms with Crippen LogP contribution in [-0.4, -0.2) is 59.2 Å². The number of carbonyl (C=O) groups is 2. The van der Waals surface area contributed by atoms with Crippen LogP contribution in [0.1, 0.15) is 50.2 Å². The van der Waals surface area contributed by atoms with Crippen molar-refractivity contribution in [2.75, 3.05) is 12.8 Å². The third-order valence-corrected chi connectivity index (χ3v) is 9.36. The Morgan fingerprint density at radius 2 is 1.93 bits per heavy atom. The number of fused-ring (bicyclic) bond motifs is 1. The van der Waals surface area contributed by atoms with Gasteiger partial charge in [0.15, 0.2) is 9.84 Å². The lowest BCUT2D eigenvalue weighted by molar-refractivity contribution is -0.140. The molecule has 3 atom stereocenters. The Morgan fingerprint density at radius 1 is 1.21 bits per heavy atom. The first kappa shape index (κ1) is 20.3. The summed E-state index contributed by atoms with van der Waals surface area (Å²) in [4.78, 5) is 33.1. The Balaban J connectivity index is 1.54. The molecule has 2 saturated carbocycles. The topological polar surface area (TPSA) is 87.7 Å². The van der Waals surface area contributed by atoms with Gasteiger partial charge in [0.2, 0.25) is 5.91 Å². The molecule has 1 saturated heterocycles. The lowest BCUT2D eigenvalue weighted by atomic mass is 9.81. The van der Waals surface area contributed by atoms with Crippen molar-refractivity contribution in [3.8, 4) is 0 Å². The summed E-state index contributed by atoms with van der Waals surface area (Å²) in [6.07, 6.45) is 6.68. The number of sulfone groups is 1. The number of carbonyl (C=O) groups excluding carboxylic acids is 2. The monoisotopic (exact) mass is 419 g/mol. The van der Waals surface area contributed by atoms with E-state index in [4.69, 9.17) is 0 Å². The largest absolute Gasteiger partial charge is 0.327 e. The Morgan fingerprint density at radius 3 is 2.59 bits per heavy atom. The van der Waals surface area contributed by atoms with E-state index >= 15 is 0 Å². The molecule has 2 aliphatic carbocycles. The van der Waals surface area contributed by atoms with Gasteiger partial charge in [-0.15, -0.1) is 0 Å². The maximum absolute atomic E-state index is 13.2. The van der Waals surface area contributed by atoms with E-state index in [9.17, 15) is 18.0 Å². The number of pyridine rings is 1. The van der Waals surface area contributed by atoms with Crippen molar-refractivity contribution >= 4 is 21.8 Å². The minimum Gasteiger partial charge on any atom is -0.324 e. The molecule has 1 aromatic rings. The first-order valence-corrected chi connectivity index (χ1v) is 12.0. The van der Waals surface area contributed by atoms with E-state index in [0.29, 0.717) is 19.3 Å². The average Bonchev–Trinajstić information content (AvgIpc) is 3.38. The second-order valence-electron chi connectivity index (χ2n) is 9.42. The number of aryl methyl sites for hydroxylation is 1. The van der Waals surface area contributed by atoms with Gasteiger partial charge >= 0.3 is 6.03 Å². The fourth-order valence-electron chi connectivity index (χ4n) is 4.79. The predicted molar refractivity (Wildman–Crippen MR) is 109 cm³/mol. The molecule has 3 amide bonds. The van der Waals surface area contributed by atoms with Gasteiger partial charge in [-0.05, 0) is 55.6 Å². The highest BCUT2D eigenvalue weighted by Gasteiger charge is 2.51. The second kappa shape index (κ2) is 7.07. The van der Waals surface area contributed by atoms with Crippen molar-refractivity contribution in [2.24, 2.45) is 11.3 Å². The number of rotatable bonds is 5. The van der Waals surface area contributed by atoms with Crippen molar-refractivity contribution in [3.05, 3.63) is 29.6 Å². The number of imide groups is 1. The highest BCUT2D eigenvalue weighted by Crippen LogP contribution is 2.47. The Kier molecular flexibility index (Phi) is 4.96. The molecule has 158 valence electrons. The summed E-state index contributed by atoms with van der Waals surface area (Å²) in [6.45, 7) is 4.09. The summed E-state index contributed by atoms with van der Waals surface area (Å²) in [5.74, 6) is -0.503. The molecule has 2 heterocycles. The van der Waals surface area contributed by atoms with Crippen molar-refractivity contribution in [3.63, 3.8) is 0 Å². The minimum atomic E-state index is -3.25. The van der Waals surface area contributed by atoms with E-state index in [1.165, 1.54) is 4.90 Å². The highest BCUT2D eigenvalue weighted by molar-refractivity contribution is 7.92. The standard InChI is InChI=1S/C21H29N3O4S/c1-14-8-15(11-22-10-14)12-24-19(25)17-9-16(4-5-18(17)23(3)20(24)26)29(27,28)13-21(2)6-7-21/h8,10-11,16-18H,4-7,9,12-13H2,1-3H3. The van der Waals surface area contributed by atoms with Gasteiger partial charge in [-0.2, -0.15) is 0 Å². The van der Waals surface area contributed by atoms with Gasteiger partial charge in [-0.25, -0.2) is 13.2 Å². The molecule has 7 nitrogen and oxygen atoms in total. The molecule has 0 aromatic carbocycles. The van der Waals surface area contributed by atoms with E-state index in [0.717, 1.165) is 24.0 Å². The smallest absolute Gasteiger partial charge is 0.324 e.